The molecule has 3 rings (SSSR count). The fourth-order valence-corrected chi connectivity index (χ4v) is 5.22. The Labute approximate surface area is 206 Å². The number of sulfonamides is 1. The van der Waals surface area contributed by atoms with Gasteiger partial charge in [-0.2, -0.15) is 0 Å². The molecule has 0 aliphatic rings. The number of rotatable bonds is 9. The first kappa shape index (κ1) is 25.6. The second-order valence-corrected chi connectivity index (χ2v) is 10.4. The van der Waals surface area contributed by atoms with Crippen molar-refractivity contribution < 1.29 is 17.9 Å². The van der Waals surface area contributed by atoms with E-state index in [4.69, 9.17) is 16.3 Å². The van der Waals surface area contributed by atoms with Crippen molar-refractivity contribution in [2.75, 3.05) is 18.0 Å². The largest absolute Gasteiger partial charge is 0.496 e. The summed E-state index contributed by atoms with van der Waals surface area (Å²) in [7, 11) is -2.38. The first-order chi connectivity index (χ1) is 16.1. The Hall–Kier alpha value is -3.03. The van der Waals surface area contributed by atoms with Crippen LogP contribution in [0.2, 0.25) is 5.02 Å². The summed E-state index contributed by atoms with van der Waals surface area (Å²) < 4.78 is 33.4. The predicted molar refractivity (Wildman–Crippen MR) is 136 cm³/mol. The Morgan fingerprint density at radius 1 is 1.03 bits per heavy atom. The van der Waals surface area contributed by atoms with Crippen molar-refractivity contribution in [1.82, 2.24) is 5.32 Å². The highest BCUT2D eigenvalue weighted by molar-refractivity contribution is 7.92. The highest BCUT2D eigenvalue weighted by atomic mass is 35.5. The molecule has 0 unspecified atom stereocenters. The van der Waals surface area contributed by atoms with Crippen molar-refractivity contribution in [2.24, 2.45) is 0 Å². The number of carbonyl (C=O) groups excluding carboxylic acids is 1. The second-order valence-electron chi connectivity index (χ2n) is 8.06. The highest BCUT2D eigenvalue weighted by Gasteiger charge is 2.28. The Bertz CT molecular complexity index is 1240. The van der Waals surface area contributed by atoms with Gasteiger partial charge in [0.05, 0.1) is 23.7 Å². The molecule has 0 aliphatic carbocycles. The topological polar surface area (TPSA) is 75.7 Å². The van der Waals surface area contributed by atoms with Gasteiger partial charge in [-0.15, -0.1) is 0 Å². The molecule has 8 heteroatoms. The Morgan fingerprint density at radius 2 is 1.68 bits per heavy atom. The molecule has 3 aromatic carbocycles. The smallest absolute Gasteiger partial charge is 0.264 e. The molecule has 0 saturated heterocycles. The van der Waals surface area contributed by atoms with Gasteiger partial charge in [-0.3, -0.25) is 9.10 Å². The van der Waals surface area contributed by atoms with Crippen molar-refractivity contribution in [1.29, 1.82) is 0 Å². The summed E-state index contributed by atoms with van der Waals surface area (Å²) in [6, 6.07) is 18.4. The van der Waals surface area contributed by atoms with E-state index in [1.165, 1.54) is 0 Å². The van der Waals surface area contributed by atoms with E-state index < -0.39 is 15.9 Å². The van der Waals surface area contributed by atoms with Crippen LogP contribution in [0.4, 0.5) is 5.69 Å². The lowest BCUT2D eigenvalue weighted by Crippen LogP contribution is -2.42. The van der Waals surface area contributed by atoms with Crippen molar-refractivity contribution in [3.8, 4) is 5.75 Å². The lowest BCUT2D eigenvalue weighted by atomic mass is 10.0. The number of hydrogen-bond acceptors (Lipinski definition) is 4. The van der Waals surface area contributed by atoms with Gasteiger partial charge in [0, 0.05) is 5.02 Å². The zero-order valence-electron chi connectivity index (χ0n) is 19.7. The minimum absolute atomic E-state index is 0.110. The third kappa shape index (κ3) is 5.90. The summed E-state index contributed by atoms with van der Waals surface area (Å²) in [6.07, 6.45) is 0.642. The average molecular weight is 501 g/mol. The zero-order valence-corrected chi connectivity index (χ0v) is 21.3. The lowest BCUT2D eigenvalue weighted by Gasteiger charge is -2.26. The number of nitrogens with zero attached hydrogens (tertiary/aromatic N) is 1. The fourth-order valence-electron chi connectivity index (χ4n) is 3.67. The van der Waals surface area contributed by atoms with Crippen LogP contribution in [-0.2, 0) is 14.8 Å². The molecule has 0 saturated carbocycles. The molecule has 0 heterocycles. The van der Waals surface area contributed by atoms with Gasteiger partial charge in [0.2, 0.25) is 5.91 Å². The molecule has 0 spiro atoms. The quantitative estimate of drug-likeness (QED) is 0.425. The normalized spacial score (nSPS) is 12.1. The van der Waals surface area contributed by atoms with Crippen LogP contribution >= 0.6 is 11.6 Å². The van der Waals surface area contributed by atoms with E-state index in [0.717, 1.165) is 26.7 Å². The van der Waals surface area contributed by atoms with E-state index in [1.54, 1.807) is 55.6 Å². The molecular formula is C26H29ClN2O4S. The zero-order chi connectivity index (χ0) is 24.9. The van der Waals surface area contributed by atoms with Gasteiger partial charge in [-0.05, 0) is 73.9 Å². The third-order valence-electron chi connectivity index (χ3n) is 5.58. The third-order valence-corrected chi connectivity index (χ3v) is 7.62. The van der Waals surface area contributed by atoms with Gasteiger partial charge in [-0.1, -0.05) is 48.4 Å². The highest BCUT2D eigenvalue weighted by Crippen LogP contribution is 2.27. The van der Waals surface area contributed by atoms with Gasteiger partial charge in [0.1, 0.15) is 12.3 Å². The number of carbonyl (C=O) groups is 1. The number of benzene rings is 3. The number of aryl methyl sites for hydroxylation is 2. The van der Waals surface area contributed by atoms with Crippen LogP contribution in [0.3, 0.4) is 0 Å². The van der Waals surface area contributed by atoms with Crippen LogP contribution in [0.25, 0.3) is 0 Å². The van der Waals surface area contributed by atoms with Gasteiger partial charge >= 0.3 is 0 Å². The number of anilines is 1. The molecule has 1 amide bonds. The summed E-state index contributed by atoms with van der Waals surface area (Å²) >= 11 is 6.00. The Morgan fingerprint density at radius 3 is 2.24 bits per heavy atom. The minimum atomic E-state index is -3.99. The maximum atomic E-state index is 13.5. The molecule has 0 radical (unpaired) electrons. The van der Waals surface area contributed by atoms with E-state index in [1.807, 2.05) is 39.0 Å². The SMILES string of the molecule is CC[C@H](NC(=O)CN(c1ccc(Cl)cc1)S(=O)(=O)c1ccc(C)cc1)c1ccc(OC)c(C)c1. The number of amides is 1. The molecule has 1 N–H and O–H groups in total. The lowest BCUT2D eigenvalue weighted by molar-refractivity contribution is -0.120. The van der Waals surface area contributed by atoms with Gasteiger partial charge < -0.3 is 10.1 Å². The van der Waals surface area contributed by atoms with Gasteiger partial charge in [0.15, 0.2) is 0 Å². The van der Waals surface area contributed by atoms with Crippen LogP contribution in [0.5, 0.6) is 5.75 Å². The molecule has 0 bridgehead atoms. The number of halogens is 1. The number of hydrogen-bond donors (Lipinski definition) is 1. The van der Waals surface area contributed by atoms with Crippen LogP contribution in [0.15, 0.2) is 71.6 Å². The van der Waals surface area contributed by atoms with E-state index in [9.17, 15) is 13.2 Å². The van der Waals surface area contributed by atoms with Crippen molar-refractivity contribution >= 4 is 33.2 Å². The first-order valence-corrected chi connectivity index (χ1v) is 12.8. The molecular weight excluding hydrogens is 472 g/mol. The minimum Gasteiger partial charge on any atom is -0.496 e. The Balaban J connectivity index is 1.89. The van der Waals surface area contributed by atoms with Crippen LogP contribution < -0.4 is 14.4 Å². The molecule has 0 fully saturated rings. The van der Waals surface area contributed by atoms with E-state index in [2.05, 4.69) is 5.32 Å². The number of methoxy groups -OCH3 is 1. The molecule has 0 aromatic heterocycles. The number of ether oxygens (including phenoxy) is 1. The summed E-state index contributed by atoms with van der Waals surface area (Å²) in [4.78, 5) is 13.2. The standard InChI is InChI=1S/C26H29ClN2O4S/c1-5-24(20-8-15-25(33-4)19(3)16-20)28-26(30)17-29(22-11-9-21(27)10-12-22)34(31,32)23-13-6-18(2)7-14-23/h6-16,24H,5,17H2,1-4H3,(H,28,30)/t24-/m0/s1. The van der Waals surface area contributed by atoms with Crippen LogP contribution in [0.1, 0.15) is 36.1 Å². The summed E-state index contributed by atoms with van der Waals surface area (Å²) in [5.74, 6) is 0.356. The number of nitrogens with one attached hydrogen (secondary N) is 1. The fraction of sp³-hybridized carbons (Fsp3) is 0.269. The summed E-state index contributed by atoms with van der Waals surface area (Å²) in [6.45, 7) is 5.41. The van der Waals surface area contributed by atoms with E-state index in [0.29, 0.717) is 17.1 Å². The summed E-state index contributed by atoms with van der Waals surface area (Å²) in [5.41, 5.74) is 3.18. The van der Waals surface area contributed by atoms with E-state index >= 15 is 0 Å². The van der Waals surface area contributed by atoms with Gasteiger partial charge in [0.25, 0.3) is 10.0 Å². The molecule has 0 aliphatic heterocycles. The van der Waals surface area contributed by atoms with Crippen LogP contribution in [0, 0.1) is 13.8 Å². The molecule has 180 valence electrons. The monoisotopic (exact) mass is 500 g/mol. The van der Waals surface area contributed by atoms with Gasteiger partial charge in [-0.25, -0.2) is 8.42 Å². The molecule has 1 atom stereocenters. The van der Waals surface area contributed by atoms with Crippen molar-refractivity contribution in [2.45, 2.75) is 38.1 Å². The predicted octanol–water partition coefficient (Wildman–Crippen LogP) is 5.43. The maximum Gasteiger partial charge on any atom is 0.264 e. The average Bonchev–Trinajstić information content (AvgIpc) is 2.82. The summed E-state index contributed by atoms with van der Waals surface area (Å²) in [5, 5.41) is 3.45. The molecule has 3 aromatic rings. The van der Waals surface area contributed by atoms with Crippen molar-refractivity contribution in [3.63, 3.8) is 0 Å². The molecule has 6 nitrogen and oxygen atoms in total. The Kier molecular flexibility index (Phi) is 8.23. The first-order valence-electron chi connectivity index (χ1n) is 10.9. The maximum absolute atomic E-state index is 13.5. The second kappa shape index (κ2) is 10.9. The van der Waals surface area contributed by atoms with Crippen molar-refractivity contribution in [3.05, 3.63) is 88.4 Å². The molecule has 34 heavy (non-hydrogen) atoms. The van der Waals surface area contributed by atoms with E-state index in [-0.39, 0.29) is 17.5 Å². The van der Waals surface area contributed by atoms with Crippen LogP contribution in [-0.4, -0.2) is 28.0 Å².